The minimum Gasteiger partial charge on any atom is -0.465 e. The lowest BCUT2D eigenvalue weighted by Crippen LogP contribution is -2.39. The molecule has 0 fully saturated rings. The van der Waals surface area contributed by atoms with E-state index >= 15 is 0 Å². The van der Waals surface area contributed by atoms with Gasteiger partial charge in [0.15, 0.2) is 0 Å². The van der Waals surface area contributed by atoms with Crippen LogP contribution in [0.3, 0.4) is 0 Å². The van der Waals surface area contributed by atoms with Crippen molar-refractivity contribution in [3.63, 3.8) is 0 Å². The SMILES string of the molecule is O=C(O)N1CCC2=C(C1)c1ccsc1CN2. The summed E-state index contributed by atoms with van der Waals surface area (Å²) in [7, 11) is 0. The fraction of sp³-hybridized carbons (Fsp3) is 0.364. The molecule has 0 saturated heterocycles. The lowest BCUT2D eigenvalue weighted by atomic mass is 9.96. The number of hydrogen-bond acceptors (Lipinski definition) is 3. The Morgan fingerprint density at radius 1 is 1.56 bits per heavy atom. The summed E-state index contributed by atoms with van der Waals surface area (Å²) in [6, 6.07) is 2.10. The summed E-state index contributed by atoms with van der Waals surface area (Å²) in [5, 5.41) is 14.5. The Hall–Kier alpha value is -1.49. The van der Waals surface area contributed by atoms with E-state index in [1.54, 1.807) is 11.3 Å². The molecule has 2 aliphatic rings. The summed E-state index contributed by atoms with van der Waals surface area (Å²) in [6.45, 7) is 2.00. The number of nitrogens with zero attached hydrogens (tertiary/aromatic N) is 1. The molecule has 3 heterocycles. The molecule has 84 valence electrons. The first-order valence-corrected chi connectivity index (χ1v) is 6.14. The number of rotatable bonds is 0. The average Bonchev–Trinajstić information content (AvgIpc) is 2.76. The van der Waals surface area contributed by atoms with Crippen LogP contribution >= 0.6 is 11.3 Å². The average molecular weight is 236 g/mol. The highest BCUT2D eigenvalue weighted by Crippen LogP contribution is 2.34. The number of nitrogens with one attached hydrogen (secondary N) is 1. The number of amides is 1. The van der Waals surface area contributed by atoms with E-state index < -0.39 is 6.09 Å². The van der Waals surface area contributed by atoms with Gasteiger partial charge in [-0.25, -0.2) is 4.79 Å². The molecule has 1 amide bonds. The highest BCUT2D eigenvalue weighted by Gasteiger charge is 2.27. The molecule has 16 heavy (non-hydrogen) atoms. The topological polar surface area (TPSA) is 52.6 Å². The van der Waals surface area contributed by atoms with Crippen LogP contribution in [0.15, 0.2) is 17.1 Å². The van der Waals surface area contributed by atoms with Crippen LogP contribution in [-0.4, -0.2) is 29.2 Å². The Kier molecular flexibility index (Phi) is 2.14. The van der Waals surface area contributed by atoms with E-state index in [1.165, 1.54) is 21.0 Å². The number of carbonyl (C=O) groups is 1. The molecule has 4 nitrogen and oxygen atoms in total. The van der Waals surface area contributed by atoms with Crippen LogP contribution in [0.1, 0.15) is 16.9 Å². The largest absolute Gasteiger partial charge is 0.465 e. The zero-order valence-electron chi connectivity index (χ0n) is 8.69. The molecule has 5 heteroatoms. The van der Waals surface area contributed by atoms with Crippen LogP contribution in [0.2, 0.25) is 0 Å². The lowest BCUT2D eigenvalue weighted by Gasteiger charge is -2.32. The predicted octanol–water partition coefficient (Wildman–Crippen LogP) is 1.95. The highest BCUT2D eigenvalue weighted by molar-refractivity contribution is 7.10. The van der Waals surface area contributed by atoms with E-state index in [0.717, 1.165) is 18.5 Å². The summed E-state index contributed by atoms with van der Waals surface area (Å²) >= 11 is 1.73. The van der Waals surface area contributed by atoms with Gasteiger partial charge in [-0.2, -0.15) is 0 Å². The van der Waals surface area contributed by atoms with Crippen LogP contribution in [-0.2, 0) is 6.54 Å². The monoisotopic (exact) mass is 236 g/mol. The standard InChI is InChI=1S/C11H12N2O2S/c14-11(15)13-3-1-9-8(6-13)7-2-4-16-10(7)5-12-9/h2,4,12H,1,3,5-6H2,(H,14,15). The Balaban J connectivity index is 1.98. The third-order valence-electron chi connectivity index (χ3n) is 3.15. The van der Waals surface area contributed by atoms with Gasteiger partial charge in [0.25, 0.3) is 0 Å². The molecule has 1 aromatic rings. The van der Waals surface area contributed by atoms with Gasteiger partial charge in [0.05, 0.1) is 6.54 Å². The minimum atomic E-state index is -0.825. The number of thiophene rings is 1. The summed E-state index contributed by atoms with van der Waals surface area (Å²) < 4.78 is 0. The van der Waals surface area contributed by atoms with Crippen LogP contribution < -0.4 is 5.32 Å². The van der Waals surface area contributed by atoms with Crippen LogP contribution in [0, 0.1) is 0 Å². The molecule has 0 aromatic carbocycles. The van der Waals surface area contributed by atoms with Crippen LogP contribution in [0.5, 0.6) is 0 Å². The van der Waals surface area contributed by atoms with Gasteiger partial charge in [0.1, 0.15) is 0 Å². The highest BCUT2D eigenvalue weighted by atomic mass is 32.1. The van der Waals surface area contributed by atoms with Crippen molar-refractivity contribution in [1.82, 2.24) is 10.2 Å². The molecular formula is C11H12N2O2S. The predicted molar refractivity (Wildman–Crippen MR) is 62.3 cm³/mol. The third-order valence-corrected chi connectivity index (χ3v) is 4.07. The second kappa shape index (κ2) is 3.52. The number of fused-ring (bicyclic) bond motifs is 2. The van der Waals surface area contributed by atoms with Gasteiger partial charge < -0.3 is 15.3 Å². The minimum absolute atomic E-state index is 0.515. The van der Waals surface area contributed by atoms with E-state index in [2.05, 4.69) is 16.8 Å². The Labute approximate surface area is 97.2 Å². The molecule has 0 aliphatic carbocycles. The smallest absolute Gasteiger partial charge is 0.407 e. The molecule has 0 unspecified atom stereocenters. The van der Waals surface area contributed by atoms with E-state index in [1.807, 2.05) is 0 Å². The molecule has 1 aromatic heterocycles. The Morgan fingerprint density at radius 3 is 3.25 bits per heavy atom. The second-order valence-electron chi connectivity index (χ2n) is 4.02. The summed E-state index contributed by atoms with van der Waals surface area (Å²) in [6.07, 6.45) is -0.0226. The summed E-state index contributed by atoms with van der Waals surface area (Å²) in [5.41, 5.74) is 3.63. The molecule has 0 saturated carbocycles. The van der Waals surface area contributed by atoms with Gasteiger partial charge in [-0.15, -0.1) is 11.3 Å². The molecule has 2 aliphatic heterocycles. The maximum Gasteiger partial charge on any atom is 0.407 e. The van der Waals surface area contributed by atoms with Crippen molar-refractivity contribution in [2.75, 3.05) is 13.1 Å². The van der Waals surface area contributed by atoms with Crippen molar-refractivity contribution in [3.05, 3.63) is 27.6 Å². The van der Waals surface area contributed by atoms with Gasteiger partial charge in [0, 0.05) is 30.1 Å². The summed E-state index contributed by atoms with van der Waals surface area (Å²) in [4.78, 5) is 13.8. The molecule has 0 bridgehead atoms. The van der Waals surface area contributed by atoms with E-state index in [0.29, 0.717) is 13.1 Å². The first kappa shape index (κ1) is 9.72. The first-order valence-electron chi connectivity index (χ1n) is 5.26. The molecule has 2 N–H and O–H groups in total. The third kappa shape index (κ3) is 1.39. The van der Waals surface area contributed by atoms with Crippen LogP contribution in [0.25, 0.3) is 5.57 Å². The van der Waals surface area contributed by atoms with E-state index in [9.17, 15) is 4.79 Å². The van der Waals surface area contributed by atoms with Gasteiger partial charge in [-0.05, 0) is 22.6 Å². The zero-order chi connectivity index (χ0) is 11.1. The van der Waals surface area contributed by atoms with Crippen molar-refractivity contribution in [2.45, 2.75) is 13.0 Å². The molecule has 3 rings (SSSR count). The molecule has 0 atom stereocenters. The quantitative estimate of drug-likeness (QED) is 0.724. The van der Waals surface area contributed by atoms with Gasteiger partial charge in [-0.3, -0.25) is 0 Å². The van der Waals surface area contributed by atoms with Crippen molar-refractivity contribution in [2.24, 2.45) is 0 Å². The molecule has 0 radical (unpaired) electrons. The normalized spacial score (nSPS) is 18.9. The molecule has 0 spiro atoms. The van der Waals surface area contributed by atoms with Crippen LogP contribution in [0.4, 0.5) is 4.79 Å². The molecular weight excluding hydrogens is 224 g/mol. The maximum absolute atomic E-state index is 11.0. The van der Waals surface area contributed by atoms with Gasteiger partial charge >= 0.3 is 6.09 Å². The maximum atomic E-state index is 11.0. The van der Waals surface area contributed by atoms with Gasteiger partial charge in [0.2, 0.25) is 0 Å². The van der Waals surface area contributed by atoms with E-state index in [4.69, 9.17) is 5.11 Å². The van der Waals surface area contributed by atoms with Crippen molar-refractivity contribution in [1.29, 1.82) is 0 Å². The first-order chi connectivity index (χ1) is 7.75. The number of carboxylic acid groups (broad SMARTS) is 1. The lowest BCUT2D eigenvalue weighted by molar-refractivity contribution is 0.149. The van der Waals surface area contributed by atoms with E-state index in [-0.39, 0.29) is 0 Å². The second-order valence-corrected chi connectivity index (χ2v) is 5.02. The van der Waals surface area contributed by atoms with Crippen molar-refractivity contribution >= 4 is 23.0 Å². The summed E-state index contributed by atoms with van der Waals surface area (Å²) in [5.74, 6) is 0. The fourth-order valence-corrected chi connectivity index (χ4v) is 3.14. The van der Waals surface area contributed by atoms with Crippen molar-refractivity contribution < 1.29 is 9.90 Å². The zero-order valence-corrected chi connectivity index (χ0v) is 9.51. The van der Waals surface area contributed by atoms with Crippen molar-refractivity contribution in [3.8, 4) is 0 Å². The van der Waals surface area contributed by atoms with Gasteiger partial charge in [-0.1, -0.05) is 0 Å². The Bertz CT molecular complexity index is 478. The fourth-order valence-electron chi connectivity index (χ4n) is 2.30. The number of hydrogen-bond donors (Lipinski definition) is 2. The Morgan fingerprint density at radius 2 is 2.44 bits per heavy atom.